The fourth-order valence-electron chi connectivity index (χ4n) is 1.90. The van der Waals surface area contributed by atoms with Crippen LogP contribution in [-0.2, 0) is 0 Å². The molecule has 1 aliphatic rings. The monoisotopic (exact) mass is 215 g/mol. The molecule has 1 heterocycles. The Labute approximate surface area is 93.1 Å². The van der Waals surface area contributed by atoms with E-state index in [1.165, 1.54) is 0 Å². The molecule has 1 saturated heterocycles. The van der Waals surface area contributed by atoms with Crippen molar-refractivity contribution in [2.24, 2.45) is 5.41 Å². The Morgan fingerprint density at radius 3 is 2.20 bits per heavy atom. The first-order valence-corrected chi connectivity index (χ1v) is 5.86. The van der Waals surface area contributed by atoms with Gasteiger partial charge in [0, 0.05) is 25.0 Å². The van der Waals surface area contributed by atoms with Crippen molar-refractivity contribution in [3.8, 4) is 0 Å². The minimum atomic E-state index is -0.481. The van der Waals surface area contributed by atoms with Gasteiger partial charge >= 0.3 is 0 Å². The van der Waals surface area contributed by atoms with E-state index in [0.717, 1.165) is 32.5 Å². The average molecular weight is 215 g/mol. The van der Waals surface area contributed by atoms with Crippen LogP contribution in [-0.4, -0.2) is 46.5 Å². The molecule has 2 N–H and O–H groups in total. The van der Waals surface area contributed by atoms with Crippen LogP contribution >= 0.6 is 0 Å². The number of rotatable bonds is 3. The van der Waals surface area contributed by atoms with Gasteiger partial charge < -0.3 is 15.1 Å². The van der Waals surface area contributed by atoms with Gasteiger partial charge in [-0.05, 0) is 26.7 Å². The van der Waals surface area contributed by atoms with Gasteiger partial charge in [0.25, 0.3) is 0 Å². The summed E-state index contributed by atoms with van der Waals surface area (Å²) in [6.07, 6.45) is 1.38. The molecule has 0 aromatic rings. The van der Waals surface area contributed by atoms with Gasteiger partial charge in [0.05, 0.1) is 11.7 Å². The van der Waals surface area contributed by atoms with Crippen molar-refractivity contribution < 1.29 is 10.2 Å². The predicted octanol–water partition coefficient (Wildman–Crippen LogP) is 1.24. The highest BCUT2D eigenvalue weighted by atomic mass is 16.3. The van der Waals surface area contributed by atoms with Crippen LogP contribution in [0.5, 0.6) is 0 Å². The van der Waals surface area contributed by atoms with Crippen molar-refractivity contribution in [1.82, 2.24) is 4.90 Å². The minimum Gasteiger partial charge on any atom is -0.393 e. The van der Waals surface area contributed by atoms with E-state index in [9.17, 15) is 10.2 Å². The number of likely N-dealkylation sites (tertiary alicyclic amines) is 1. The first-order chi connectivity index (χ1) is 6.73. The van der Waals surface area contributed by atoms with E-state index in [0.29, 0.717) is 0 Å². The Balaban J connectivity index is 2.42. The summed E-state index contributed by atoms with van der Waals surface area (Å²) in [5, 5.41) is 19.5. The van der Waals surface area contributed by atoms with Gasteiger partial charge in [0.15, 0.2) is 0 Å². The highest BCUT2D eigenvalue weighted by Crippen LogP contribution is 2.26. The molecule has 1 rings (SSSR count). The lowest BCUT2D eigenvalue weighted by Gasteiger charge is -2.40. The van der Waals surface area contributed by atoms with E-state index < -0.39 is 5.60 Å². The van der Waals surface area contributed by atoms with Gasteiger partial charge in [0.2, 0.25) is 0 Å². The molecule has 1 unspecified atom stereocenters. The zero-order valence-corrected chi connectivity index (χ0v) is 10.5. The van der Waals surface area contributed by atoms with E-state index in [1.807, 2.05) is 13.8 Å². The third-order valence-electron chi connectivity index (χ3n) is 3.70. The molecular weight excluding hydrogens is 190 g/mol. The quantitative estimate of drug-likeness (QED) is 0.744. The predicted molar refractivity (Wildman–Crippen MR) is 61.8 cm³/mol. The maximum Gasteiger partial charge on any atom is 0.0644 e. The molecule has 90 valence electrons. The molecule has 3 heteroatoms. The molecule has 0 spiro atoms. The zero-order valence-electron chi connectivity index (χ0n) is 10.5. The van der Waals surface area contributed by atoms with Gasteiger partial charge in [-0.1, -0.05) is 13.8 Å². The van der Waals surface area contributed by atoms with Gasteiger partial charge in [0.1, 0.15) is 0 Å². The largest absolute Gasteiger partial charge is 0.393 e. The molecule has 0 aromatic heterocycles. The van der Waals surface area contributed by atoms with Crippen LogP contribution < -0.4 is 0 Å². The molecule has 0 radical (unpaired) electrons. The number of hydrogen-bond acceptors (Lipinski definition) is 3. The summed E-state index contributed by atoms with van der Waals surface area (Å²) in [4.78, 5) is 2.34. The Hall–Kier alpha value is -0.120. The Morgan fingerprint density at radius 1 is 1.33 bits per heavy atom. The van der Waals surface area contributed by atoms with E-state index in [4.69, 9.17) is 0 Å². The van der Waals surface area contributed by atoms with Crippen molar-refractivity contribution in [3.05, 3.63) is 0 Å². The first kappa shape index (κ1) is 12.9. The van der Waals surface area contributed by atoms with E-state index in [-0.39, 0.29) is 11.5 Å². The van der Waals surface area contributed by atoms with Crippen LogP contribution in [0, 0.1) is 5.41 Å². The van der Waals surface area contributed by atoms with E-state index >= 15 is 0 Å². The van der Waals surface area contributed by atoms with E-state index in [2.05, 4.69) is 18.7 Å². The normalized spacial score (nSPS) is 25.2. The first-order valence-electron chi connectivity index (χ1n) is 5.86. The summed E-state index contributed by atoms with van der Waals surface area (Å²) in [5.41, 5.74) is -0.547. The Kier molecular flexibility index (Phi) is 3.80. The van der Waals surface area contributed by atoms with Crippen molar-refractivity contribution in [2.75, 3.05) is 19.6 Å². The van der Waals surface area contributed by atoms with Crippen molar-refractivity contribution in [1.29, 1.82) is 0 Å². The molecular formula is C12H25NO2. The molecule has 1 atom stereocenters. The molecule has 0 amide bonds. The summed E-state index contributed by atoms with van der Waals surface area (Å²) < 4.78 is 0. The number of aliphatic hydroxyl groups excluding tert-OH is 1. The molecule has 0 bridgehead atoms. The van der Waals surface area contributed by atoms with Crippen LogP contribution in [0.1, 0.15) is 40.5 Å². The highest BCUT2D eigenvalue weighted by molar-refractivity contribution is 4.85. The van der Waals surface area contributed by atoms with Crippen molar-refractivity contribution in [3.63, 3.8) is 0 Å². The standard InChI is InChI=1S/C12H25NO2/c1-10(14)11(2,3)9-13-7-5-12(4,15)6-8-13/h10,14-15H,5-9H2,1-4H3. The Morgan fingerprint density at radius 2 is 1.80 bits per heavy atom. The van der Waals surface area contributed by atoms with Crippen LogP contribution in [0.3, 0.4) is 0 Å². The molecule has 0 aliphatic carbocycles. The summed E-state index contributed by atoms with van der Waals surface area (Å²) in [6.45, 7) is 10.7. The second kappa shape index (κ2) is 4.40. The summed E-state index contributed by atoms with van der Waals surface area (Å²) in [7, 11) is 0. The summed E-state index contributed by atoms with van der Waals surface area (Å²) >= 11 is 0. The van der Waals surface area contributed by atoms with Crippen LogP contribution in [0.15, 0.2) is 0 Å². The van der Waals surface area contributed by atoms with Crippen LogP contribution in [0.25, 0.3) is 0 Å². The van der Waals surface area contributed by atoms with Gasteiger partial charge in [-0.25, -0.2) is 0 Å². The van der Waals surface area contributed by atoms with Gasteiger partial charge in [-0.3, -0.25) is 0 Å². The molecule has 1 aliphatic heterocycles. The maximum absolute atomic E-state index is 9.82. The van der Waals surface area contributed by atoms with Gasteiger partial charge in [-0.2, -0.15) is 0 Å². The third-order valence-corrected chi connectivity index (χ3v) is 3.70. The van der Waals surface area contributed by atoms with Gasteiger partial charge in [-0.15, -0.1) is 0 Å². The fourth-order valence-corrected chi connectivity index (χ4v) is 1.90. The topological polar surface area (TPSA) is 43.7 Å². The number of hydrogen-bond donors (Lipinski definition) is 2. The second-order valence-electron chi connectivity index (χ2n) is 5.94. The Bertz CT molecular complexity index is 202. The maximum atomic E-state index is 9.82. The lowest BCUT2D eigenvalue weighted by atomic mass is 9.85. The van der Waals surface area contributed by atoms with Crippen molar-refractivity contribution in [2.45, 2.75) is 52.2 Å². The number of piperidine rings is 1. The molecule has 3 nitrogen and oxygen atoms in total. The van der Waals surface area contributed by atoms with E-state index in [1.54, 1.807) is 0 Å². The molecule has 1 fully saturated rings. The van der Waals surface area contributed by atoms with Crippen molar-refractivity contribution >= 4 is 0 Å². The van der Waals surface area contributed by atoms with Crippen LogP contribution in [0.2, 0.25) is 0 Å². The second-order valence-corrected chi connectivity index (χ2v) is 5.94. The lowest BCUT2D eigenvalue weighted by Crippen LogP contribution is -2.47. The molecule has 0 aromatic carbocycles. The lowest BCUT2D eigenvalue weighted by molar-refractivity contribution is -0.0281. The summed E-state index contributed by atoms with van der Waals surface area (Å²) in [6, 6.07) is 0. The SMILES string of the molecule is CC(O)C(C)(C)CN1CCC(C)(O)CC1. The zero-order chi connectivity index (χ0) is 11.7. The molecule has 15 heavy (non-hydrogen) atoms. The minimum absolute atomic E-state index is 0.0663. The highest BCUT2D eigenvalue weighted by Gasteiger charge is 2.32. The third kappa shape index (κ3) is 3.74. The number of nitrogens with zero attached hydrogens (tertiary/aromatic N) is 1. The average Bonchev–Trinajstić information content (AvgIpc) is 2.08. The van der Waals surface area contributed by atoms with Crippen LogP contribution in [0.4, 0.5) is 0 Å². The number of aliphatic hydroxyl groups is 2. The molecule has 0 saturated carbocycles. The summed E-state index contributed by atoms with van der Waals surface area (Å²) in [5.74, 6) is 0. The fraction of sp³-hybridized carbons (Fsp3) is 1.00. The smallest absolute Gasteiger partial charge is 0.0644 e.